The van der Waals surface area contributed by atoms with Crippen LogP contribution in [0.4, 0.5) is 0 Å². The van der Waals surface area contributed by atoms with E-state index in [9.17, 15) is 9.90 Å². The van der Waals surface area contributed by atoms with Crippen molar-refractivity contribution in [2.24, 2.45) is 0 Å². The molecule has 1 aliphatic heterocycles. The normalized spacial score (nSPS) is 18.2. The first-order valence-electron chi connectivity index (χ1n) is 7.33. The molecule has 0 radical (unpaired) electrons. The number of nitrogens with one attached hydrogen (secondary N) is 1. The Balaban J connectivity index is 2.10. The molecule has 2 rings (SSSR count). The molecule has 0 saturated carbocycles. The fraction of sp³-hybridized carbons (Fsp3) is 0.562. The van der Waals surface area contributed by atoms with Gasteiger partial charge in [-0.1, -0.05) is 32.0 Å². The molecule has 1 atom stereocenters. The van der Waals surface area contributed by atoms with Crippen molar-refractivity contribution in [1.82, 2.24) is 5.32 Å². The number of aliphatic carboxylic acids is 1. The molecule has 1 aliphatic rings. The number of carbonyl (C=O) groups is 1. The van der Waals surface area contributed by atoms with Crippen molar-refractivity contribution in [3.8, 4) is 5.75 Å². The maximum absolute atomic E-state index is 11.5. The van der Waals surface area contributed by atoms with Crippen molar-refractivity contribution < 1.29 is 14.6 Å². The smallest absolute Gasteiger partial charge is 0.323 e. The molecule has 0 saturated heterocycles. The van der Waals surface area contributed by atoms with E-state index >= 15 is 0 Å². The summed E-state index contributed by atoms with van der Waals surface area (Å²) in [5.74, 6) is 0.485. The zero-order chi connectivity index (χ0) is 14.6. The number of hydrogen-bond donors (Lipinski definition) is 2. The maximum atomic E-state index is 11.5. The maximum Gasteiger partial charge on any atom is 0.323 e. The third kappa shape index (κ3) is 2.80. The summed E-state index contributed by atoms with van der Waals surface area (Å²) in [6.45, 7) is 5.21. The van der Waals surface area contributed by atoms with Gasteiger partial charge in [0.15, 0.2) is 0 Å². The average Bonchev–Trinajstić information content (AvgIpc) is 2.48. The Morgan fingerprint density at radius 2 is 2.10 bits per heavy atom. The molecule has 2 N–H and O–H groups in total. The SMILES string of the molecule is CCC(CC)(NCC1CCOc2ccccc21)C(=O)O. The molecule has 1 heterocycles. The Bertz CT molecular complexity index is 469. The number of hydrogen-bond acceptors (Lipinski definition) is 3. The van der Waals surface area contributed by atoms with E-state index in [1.807, 2.05) is 32.0 Å². The molecule has 0 amide bonds. The molecule has 4 heteroatoms. The second-order valence-corrected chi connectivity index (χ2v) is 5.35. The van der Waals surface area contributed by atoms with Gasteiger partial charge < -0.3 is 15.2 Å². The molecule has 110 valence electrons. The van der Waals surface area contributed by atoms with E-state index in [0.29, 0.717) is 31.9 Å². The molecular formula is C16H23NO3. The van der Waals surface area contributed by atoms with E-state index in [4.69, 9.17) is 4.74 Å². The Hall–Kier alpha value is -1.55. The highest BCUT2D eigenvalue weighted by Crippen LogP contribution is 2.33. The topological polar surface area (TPSA) is 58.6 Å². The van der Waals surface area contributed by atoms with Gasteiger partial charge in [0.1, 0.15) is 11.3 Å². The Kier molecular flexibility index (Phi) is 4.65. The van der Waals surface area contributed by atoms with Gasteiger partial charge in [-0.3, -0.25) is 4.79 Å². The van der Waals surface area contributed by atoms with Crippen molar-refractivity contribution in [2.75, 3.05) is 13.2 Å². The zero-order valence-corrected chi connectivity index (χ0v) is 12.2. The highest BCUT2D eigenvalue weighted by atomic mass is 16.5. The van der Waals surface area contributed by atoms with E-state index in [-0.39, 0.29) is 0 Å². The van der Waals surface area contributed by atoms with Gasteiger partial charge in [-0.05, 0) is 30.9 Å². The van der Waals surface area contributed by atoms with E-state index in [2.05, 4.69) is 11.4 Å². The number of ether oxygens (including phenoxy) is 1. The van der Waals surface area contributed by atoms with Crippen LogP contribution in [0.15, 0.2) is 24.3 Å². The molecule has 0 bridgehead atoms. The predicted molar refractivity (Wildman–Crippen MR) is 78.2 cm³/mol. The van der Waals surface area contributed by atoms with Crippen LogP contribution in [-0.4, -0.2) is 29.8 Å². The first-order chi connectivity index (χ1) is 9.63. The van der Waals surface area contributed by atoms with E-state index in [1.54, 1.807) is 0 Å². The van der Waals surface area contributed by atoms with Crippen LogP contribution in [0.2, 0.25) is 0 Å². The van der Waals surface area contributed by atoms with Crippen LogP contribution in [0, 0.1) is 0 Å². The monoisotopic (exact) mass is 277 g/mol. The summed E-state index contributed by atoms with van der Waals surface area (Å²) in [5, 5.41) is 12.7. The Morgan fingerprint density at radius 3 is 2.75 bits per heavy atom. The van der Waals surface area contributed by atoms with Crippen LogP contribution >= 0.6 is 0 Å². The van der Waals surface area contributed by atoms with Crippen LogP contribution in [0.5, 0.6) is 5.75 Å². The van der Waals surface area contributed by atoms with Gasteiger partial charge in [0.2, 0.25) is 0 Å². The molecule has 0 fully saturated rings. The predicted octanol–water partition coefficient (Wildman–Crippen LogP) is 2.79. The summed E-state index contributed by atoms with van der Waals surface area (Å²) >= 11 is 0. The molecule has 20 heavy (non-hydrogen) atoms. The van der Waals surface area contributed by atoms with Gasteiger partial charge >= 0.3 is 5.97 Å². The summed E-state index contributed by atoms with van der Waals surface area (Å²) in [6, 6.07) is 8.02. The summed E-state index contributed by atoms with van der Waals surface area (Å²) in [4.78, 5) is 11.5. The van der Waals surface area contributed by atoms with Gasteiger partial charge in [0, 0.05) is 12.5 Å². The van der Waals surface area contributed by atoms with Crippen molar-refractivity contribution in [3.05, 3.63) is 29.8 Å². The lowest BCUT2D eigenvalue weighted by atomic mass is 9.89. The molecule has 1 unspecified atom stereocenters. The highest BCUT2D eigenvalue weighted by Gasteiger charge is 2.35. The summed E-state index contributed by atoms with van der Waals surface area (Å²) in [7, 11) is 0. The molecule has 0 spiro atoms. The third-order valence-corrected chi connectivity index (χ3v) is 4.39. The quantitative estimate of drug-likeness (QED) is 0.839. The first kappa shape index (κ1) is 14.9. The van der Waals surface area contributed by atoms with Crippen LogP contribution in [0.3, 0.4) is 0 Å². The Morgan fingerprint density at radius 1 is 1.40 bits per heavy atom. The standard InChI is InChI=1S/C16H23NO3/c1-3-16(4-2,15(18)19)17-11-12-9-10-20-14-8-6-5-7-13(12)14/h5-8,12,17H,3-4,9-11H2,1-2H3,(H,18,19). The minimum absolute atomic E-state index is 0.316. The molecule has 0 aliphatic carbocycles. The van der Waals surface area contributed by atoms with Gasteiger partial charge in [0.25, 0.3) is 0 Å². The van der Waals surface area contributed by atoms with Gasteiger partial charge in [-0.25, -0.2) is 0 Å². The number of para-hydroxylation sites is 1. The number of benzene rings is 1. The van der Waals surface area contributed by atoms with Gasteiger partial charge in [-0.15, -0.1) is 0 Å². The fourth-order valence-electron chi connectivity index (χ4n) is 2.82. The zero-order valence-electron chi connectivity index (χ0n) is 12.2. The molecular weight excluding hydrogens is 254 g/mol. The van der Waals surface area contributed by atoms with Crippen LogP contribution in [-0.2, 0) is 4.79 Å². The second-order valence-electron chi connectivity index (χ2n) is 5.35. The molecule has 0 aromatic heterocycles. The number of rotatable bonds is 6. The lowest BCUT2D eigenvalue weighted by molar-refractivity contribution is -0.145. The van der Waals surface area contributed by atoms with E-state index in [0.717, 1.165) is 12.2 Å². The third-order valence-electron chi connectivity index (χ3n) is 4.39. The summed E-state index contributed by atoms with van der Waals surface area (Å²) in [5.41, 5.74) is 0.366. The molecule has 1 aromatic carbocycles. The summed E-state index contributed by atoms with van der Waals surface area (Å²) < 4.78 is 5.64. The van der Waals surface area contributed by atoms with E-state index in [1.165, 1.54) is 5.56 Å². The minimum atomic E-state index is -0.812. The van der Waals surface area contributed by atoms with Crippen molar-refractivity contribution in [3.63, 3.8) is 0 Å². The van der Waals surface area contributed by atoms with Crippen molar-refractivity contribution in [1.29, 1.82) is 0 Å². The lowest BCUT2D eigenvalue weighted by Gasteiger charge is -2.32. The highest BCUT2D eigenvalue weighted by molar-refractivity contribution is 5.78. The van der Waals surface area contributed by atoms with Crippen LogP contribution in [0.1, 0.15) is 44.6 Å². The van der Waals surface area contributed by atoms with Gasteiger partial charge in [0.05, 0.1) is 6.61 Å². The lowest BCUT2D eigenvalue weighted by Crippen LogP contribution is -2.52. The number of carboxylic acid groups (broad SMARTS) is 1. The van der Waals surface area contributed by atoms with Crippen molar-refractivity contribution in [2.45, 2.75) is 44.6 Å². The van der Waals surface area contributed by atoms with Crippen LogP contribution in [0.25, 0.3) is 0 Å². The van der Waals surface area contributed by atoms with Crippen LogP contribution < -0.4 is 10.1 Å². The average molecular weight is 277 g/mol. The molecule has 4 nitrogen and oxygen atoms in total. The molecule has 1 aromatic rings. The number of fused-ring (bicyclic) bond motifs is 1. The summed E-state index contributed by atoms with van der Waals surface area (Å²) in [6.07, 6.45) is 2.10. The van der Waals surface area contributed by atoms with E-state index < -0.39 is 11.5 Å². The first-order valence-corrected chi connectivity index (χ1v) is 7.33. The van der Waals surface area contributed by atoms with Gasteiger partial charge in [-0.2, -0.15) is 0 Å². The minimum Gasteiger partial charge on any atom is -0.493 e. The Labute approximate surface area is 120 Å². The largest absolute Gasteiger partial charge is 0.493 e. The number of carboxylic acids is 1. The second kappa shape index (κ2) is 6.27. The fourth-order valence-corrected chi connectivity index (χ4v) is 2.82. The van der Waals surface area contributed by atoms with Crippen molar-refractivity contribution >= 4 is 5.97 Å².